The largest absolute Gasteiger partial charge is 0.487 e. The second-order valence-corrected chi connectivity index (χ2v) is 11.9. The molecule has 0 radical (unpaired) electrons. The smallest absolute Gasteiger partial charge is 0.408 e. The Morgan fingerprint density at radius 1 is 1.21 bits per heavy atom. The molecular weight excluding hydrogens is 432 g/mol. The summed E-state index contributed by atoms with van der Waals surface area (Å²) in [6.07, 6.45) is 1.30. The van der Waals surface area contributed by atoms with Gasteiger partial charge in [0.25, 0.3) is 0 Å². The SMILES string of the molecule is CC(C)[C@@H](NC(=O)OC(C)(C)C)C(=O)N1CC[C@H]2O[C@H]3c4ccccc4OC(C)(C)[C@@H]3C[C@H]2C1. The van der Waals surface area contributed by atoms with E-state index in [0.29, 0.717) is 13.1 Å². The summed E-state index contributed by atoms with van der Waals surface area (Å²) in [5.41, 5.74) is 0.163. The lowest BCUT2D eigenvalue weighted by Gasteiger charge is -2.53. The average Bonchev–Trinajstić information content (AvgIpc) is 2.74. The van der Waals surface area contributed by atoms with Gasteiger partial charge in [0.2, 0.25) is 5.91 Å². The summed E-state index contributed by atoms with van der Waals surface area (Å²) in [6, 6.07) is 7.55. The molecule has 3 aliphatic heterocycles. The second-order valence-electron chi connectivity index (χ2n) is 11.9. The number of likely N-dealkylation sites (tertiary alicyclic amines) is 1. The van der Waals surface area contributed by atoms with Gasteiger partial charge in [0.15, 0.2) is 0 Å². The van der Waals surface area contributed by atoms with Crippen LogP contribution < -0.4 is 10.1 Å². The lowest BCUT2D eigenvalue weighted by Crippen LogP contribution is -2.59. The molecule has 1 N–H and O–H groups in total. The Bertz CT molecular complexity index is 922. The standard InChI is InChI=1S/C27H40N2O5/c1-16(2)22(28-25(31)34-26(3,4)5)24(30)29-13-12-20-17(15-29)14-19-23(32-20)18-10-8-9-11-21(18)33-27(19,6)7/h8-11,16-17,19-20,22-23H,12-15H2,1-7H3,(H,28,31)/t17-,19+,20+,22+,23-/m0/s1. The van der Waals surface area contributed by atoms with Gasteiger partial charge >= 0.3 is 6.09 Å². The van der Waals surface area contributed by atoms with Crippen molar-refractivity contribution < 1.29 is 23.8 Å². The summed E-state index contributed by atoms with van der Waals surface area (Å²) in [5.74, 6) is 1.26. The molecule has 0 spiro atoms. The number of ether oxygens (including phenoxy) is 3. The molecule has 2 saturated heterocycles. The molecule has 5 atom stereocenters. The molecule has 0 saturated carbocycles. The van der Waals surface area contributed by atoms with Crippen LogP contribution in [0.1, 0.15) is 73.0 Å². The molecule has 7 nitrogen and oxygen atoms in total. The average molecular weight is 473 g/mol. The third-order valence-corrected chi connectivity index (χ3v) is 7.32. The molecule has 1 aromatic carbocycles. The predicted octanol–water partition coefficient (Wildman–Crippen LogP) is 4.70. The molecule has 3 aliphatic rings. The van der Waals surface area contributed by atoms with E-state index in [0.717, 1.165) is 24.2 Å². The number of rotatable bonds is 3. The van der Waals surface area contributed by atoms with Gasteiger partial charge in [-0.1, -0.05) is 32.0 Å². The van der Waals surface area contributed by atoms with Crippen LogP contribution in [0.25, 0.3) is 0 Å². The monoisotopic (exact) mass is 472 g/mol. The summed E-state index contributed by atoms with van der Waals surface area (Å²) in [5, 5.41) is 2.81. The number of nitrogens with zero attached hydrogens (tertiary/aromatic N) is 1. The first-order chi connectivity index (χ1) is 15.9. The second kappa shape index (κ2) is 9.06. The van der Waals surface area contributed by atoms with E-state index in [-0.39, 0.29) is 41.5 Å². The van der Waals surface area contributed by atoms with Crippen molar-refractivity contribution in [3.63, 3.8) is 0 Å². The van der Waals surface area contributed by atoms with E-state index in [1.165, 1.54) is 0 Å². The van der Waals surface area contributed by atoms with Gasteiger partial charge in [-0.3, -0.25) is 4.79 Å². The summed E-state index contributed by atoms with van der Waals surface area (Å²) in [4.78, 5) is 27.8. The van der Waals surface area contributed by atoms with Crippen molar-refractivity contribution in [2.75, 3.05) is 13.1 Å². The Kier molecular flexibility index (Phi) is 6.62. The fourth-order valence-corrected chi connectivity index (χ4v) is 5.60. The fraction of sp³-hybridized carbons (Fsp3) is 0.704. The minimum absolute atomic E-state index is 0.0145. The van der Waals surface area contributed by atoms with Crippen molar-refractivity contribution in [1.82, 2.24) is 10.2 Å². The van der Waals surface area contributed by atoms with E-state index in [2.05, 4.69) is 25.2 Å². The van der Waals surface area contributed by atoms with Gasteiger partial charge in [-0.25, -0.2) is 4.79 Å². The molecule has 188 valence electrons. The minimum Gasteiger partial charge on any atom is -0.487 e. The van der Waals surface area contributed by atoms with Crippen molar-refractivity contribution in [3.8, 4) is 5.75 Å². The van der Waals surface area contributed by atoms with Crippen LogP contribution >= 0.6 is 0 Å². The topological polar surface area (TPSA) is 77.1 Å². The molecule has 3 heterocycles. The number of piperidine rings is 1. The first-order valence-corrected chi connectivity index (χ1v) is 12.6. The van der Waals surface area contributed by atoms with Gasteiger partial charge in [-0.2, -0.15) is 0 Å². The summed E-state index contributed by atoms with van der Waals surface area (Å²) < 4.78 is 18.5. The molecule has 2 amide bonds. The van der Waals surface area contributed by atoms with Crippen molar-refractivity contribution >= 4 is 12.0 Å². The number of alkyl carbamates (subject to hydrolysis) is 1. The van der Waals surface area contributed by atoms with Gasteiger partial charge in [0, 0.05) is 30.5 Å². The minimum atomic E-state index is -0.620. The molecule has 7 heteroatoms. The van der Waals surface area contributed by atoms with Crippen LogP contribution in [-0.4, -0.2) is 53.3 Å². The zero-order valence-electron chi connectivity index (χ0n) is 21.6. The Labute approximate surface area is 203 Å². The van der Waals surface area contributed by atoms with Crippen LogP contribution in [0.15, 0.2) is 24.3 Å². The summed E-state index contributed by atoms with van der Waals surface area (Å²) >= 11 is 0. The highest BCUT2D eigenvalue weighted by Crippen LogP contribution is 2.52. The van der Waals surface area contributed by atoms with Gasteiger partial charge in [-0.05, 0) is 59.4 Å². The van der Waals surface area contributed by atoms with E-state index in [1.54, 1.807) is 0 Å². The van der Waals surface area contributed by atoms with Crippen molar-refractivity contribution in [2.24, 2.45) is 17.8 Å². The van der Waals surface area contributed by atoms with E-state index in [1.807, 2.05) is 57.7 Å². The summed E-state index contributed by atoms with van der Waals surface area (Å²) in [7, 11) is 0. The quantitative estimate of drug-likeness (QED) is 0.690. The number of hydrogen-bond donors (Lipinski definition) is 1. The van der Waals surface area contributed by atoms with E-state index in [9.17, 15) is 9.59 Å². The number of benzene rings is 1. The Hall–Kier alpha value is -2.28. The lowest BCUT2D eigenvalue weighted by atomic mass is 9.70. The number of para-hydroxylation sites is 1. The van der Waals surface area contributed by atoms with Crippen LogP contribution in [-0.2, 0) is 14.3 Å². The van der Waals surface area contributed by atoms with Crippen LogP contribution in [0.3, 0.4) is 0 Å². The molecular formula is C27H40N2O5. The predicted molar refractivity (Wildman–Crippen MR) is 130 cm³/mol. The van der Waals surface area contributed by atoms with Crippen LogP contribution in [0, 0.1) is 17.8 Å². The Morgan fingerprint density at radius 3 is 2.59 bits per heavy atom. The van der Waals surface area contributed by atoms with Crippen molar-refractivity contribution in [1.29, 1.82) is 0 Å². The van der Waals surface area contributed by atoms with Gasteiger partial charge in [0.1, 0.15) is 23.0 Å². The van der Waals surface area contributed by atoms with E-state index < -0.39 is 17.7 Å². The zero-order valence-corrected chi connectivity index (χ0v) is 21.6. The van der Waals surface area contributed by atoms with Crippen LogP contribution in [0.5, 0.6) is 5.75 Å². The van der Waals surface area contributed by atoms with Crippen LogP contribution in [0.4, 0.5) is 4.79 Å². The molecule has 2 fully saturated rings. The number of carbonyl (C=O) groups is 2. The molecule has 0 aromatic heterocycles. The third-order valence-electron chi connectivity index (χ3n) is 7.32. The molecule has 34 heavy (non-hydrogen) atoms. The number of carbonyl (C=O) groups excluding carboxylic acids is 2. The van der Waals surface area contributed by atoms with Crippen molar-refractivity contribution in [2.45, 2.75) is 90.8 Å². The highest BCUT2D eigenvalue weighted by atomic mass is 16.6. The zero-order chi connectivity index (χ0) is 24.8. The lowest BCUT2D eigenvalue weighted by molar-refractivity contribution is -0.189. The first-order valence-electron chi connectivity index (χ1n) is 12.6. The maximum absolute atomic E-state index is 13.5. The number of fused-ring (bicyclic) bond motifs is 4. The Morgan fingerprint density at radius 2 is 1.91 bits per heavy atom. The van der Waals surface area contributed by atoms with Gasteiger partial charge in [-0.15, -0.1) is 0 Å². The maximum atomic E-state index is 13.5. The molecule has 1 aromatic rings. The normalized spacial score (nSPS) is 28.6. The summed E-state index contributed by atoms with van der Waals surface area (Å²) in [6.45, 7) is 14.9. The molecule has 0 unspecified atom stereocenters. The van der Waals surface area contributed by atoms with Crippen LogP contribution in [0.2, 0.25) is 0 Å². The van der Waals surface area contributed by atoms with E-state index in [4.69, 9.17) is 14.2 Å². The third kappa shape index (κ3) is 5.04. The van der Waals surface area contributed by atoms with Crippen molar-refractivity contribution in [3.05, 3.63) is 29.8 Å². The number of nitrogens with one attached hydrogen (secondary N) is 1. The van der Waals surface area contributed by atoms with Gasteiger partial charge in [0.05, 0.1) is 12.2 Å². The number of amides is 2. The fourth-order valence-electron chi connectivity index (χ4n) is 5.60. The first kappa shape index (κ1) is 24.8. The maximum Gasteiger partial charge on any atom is 0.408 e. The number of hydrogen-bond acceptors (Lipinski definition) is 5. The van der Waals surface area contributed by atoms with E-state index >= 15 is 0 Å². The van der Waals surface area contributed by atoms with Gasteiger partial charge < -0.3 is 24.4 Å². The molecule has 4 rings (SSSR count). The highest BCUT2D eigenvalue weighted by Gasteiger charge is 2.51. The molecule has 0 bridgehead atoms. The Balaban J connectivity index is 1.46. The highest BCUT2D eigenvalue weighted by molar-refractivity contribution is 5.86. The molecule has 0 aliphatic carbocycles.